The summed E-state index contributed by atoms with van der Waals surface area (Å²) in [6.07, 6.45) is 0.983. The lowest BCUT2D eigenvalue weighted by Crippen LogP contribution is -2.32. The van der Waals surface area contributed by atoms with Crippen molar-refractivity contribution in [3.63, 3.8) is 0 Å². The molecule has 2 nitrogen and oxygen atoms in total. The summed E-state index contributed by atoms with van der Waals surface area (Å²) in [6, 6.07) is 13.2. The number of nitrogens with one attached hydrogen (secondary N) is 2. The largest absolute Gasteiger partial charge is 0.356 e. The van der Waals surface area contributed by atoms with E-state index in [-0.39, 0.29) is 6.04 Å². The molecule has 0 aromatic heterocycles. The maximum Gasteiger partial charge on any atom is 0.171 e. The van der Waals surface area contributed by atoms with Gasteiger partial charge in [-0.3, -0.25) is 0 Å². The Balaban J connectivity index is 2.10. The summed E-state index contributed by atoms with van der Waals surface area (Å²) >= 11 is 5.52. The van der Waals surface area contributed by atoms with Gasteiger partial charge in [0.1, 0.15) is 0 Å². The van der Waals surface area contributed by atoms with E-state index in [0.717, 1.165) is 12.1 Å². The molecule has 2 aromatic rings. The van der Waals surface area contributed by atoms with E-state index in [0.29, 0.717) is 5.11 Å². The number of hydrogen-bond donors (Lipinski definition) is 2. The van der Waals surface area contributed by atoms with Crippen LogP contribution in [-0.2, 0) is 0 Å². The molecule has 0 aliphatic heterocycles. The quantitative estimate of drug-likeness (QED) is 0.740. The van der Waals surface area contributed by atoms with E-state index in [1.165, 1.54) is 27.8 Å². The maximum atomic E-state index is 5.52. The monoisotopic (exact) mass is 326 g/mol. The van der Waals surface area contributed by atoms with Crippen LogP contribution in [0.4, 0.5) is 5.69 Å². The van der Waals surface area contributed by atoms with Crippen LogP contribution in [0.25, 0.3) is 0 Å². The summed E-state index contributed by atoms with van der Waals surface area (Å²) in [7, 11) is 0. The predicted molar refractivity (Wildman–Crippen MR) is 104 cm³/mol. The molecule has 1 atom stereocenters. The van der Waals surface area contributed by atoms with E-state index in [1.54, 1.807) is 0 Å². The number of thiocarbonyl (C=S) groups is 1. The Morgan fingerprint density at radius 2 is 1.65 bits per heavy atom. The van der Waals surface area contributed by atoms with Gasteiger partial charge in [0, 0.05) is 5.69 Å². The number of aryl methyl sites for hydroxylation is 4. The third-order valence-electron chi connectivity index (χ3n) is 4.29. The van der Waals surface area contributed by atoms with Crippen LogP contribution in [0.2, 0.25) is 0 Å². The second-order valence-electron chi connectivity index (χ2n) is 6.22. The molecule has 0 saturated heterocycles. The van der Waals surface area contributed by atoms with Crippen molar-refractivity contribution in [3.8, 4) is 0 Å². The molecule has 0 amide bonds. The van der Waals surface area contributed by atoms with Gasteiger partial charge in [0.15, 0.2) is 5.11 Å². The summed E-state index contributed by atoms with van der Waals surface area (Å²) in [6.45, 7) is 10.6. The van der Waals surface area contributed by atoms with Crippen molar-refractivity contribution in [1.82, 2.24) is 5.32 Å². The second kappa shape index (κ2) is 7.60. The number of anilines is 1. The van der Waals surface area contributed by atoms with E-state index < -0.39 is 0 Å². The molecule has 0 saturated carbocycles. The van der Waals surface area contributed by atoms with Crippen LogP contribution in [0.5, 0.6) is 0 Å². The van der Waals surface area contributed by atoms with Crippen LogP contribution in [0.1, 0.15) is 47.2 Å². The zero-order valence-electron chi connectivity index (χ0n) is 14.7. The zero-order valence-corrected chi connectivity index (χ0v) is 15.5. The Morgan fingerprint density at radius 1 is 0.957 bits per heavy atom. The third-order valence-corrected chi connectivity index (χ3v) is 4.51. The highest BCUT2D eigenvalue weighted by Crippen LogP contribution is 2.21. The van der Waals surface area contributed by atoms with Crippen LogP contribution in [0.3, 0.4) is 0 Å². The maximum absolute atomic E-state index is 5.52. The van der Waals surface area contributed by atoms with Gasteiger partial charge in [-0.05, 0) is 80.2 Å². The van der Waals surface area contributed by atoms with E-state index in [2.05, 4.69) is 81.7 Å². The fraction of sp³-hybridized carbons (Fsp3) is 0.350. The molecule has 0 aliphatic rings. The number of rotatable bonds is 4. The second-order valence-corrected chi connectivity index (χ2v) is 6.63. The molecular formula is C20H26N2S. The molecule has 3 heteroatoms. The van der Waals surface area contributed by atoms with E-state index in [9.17, 15) is 0 Å². The Kier molecular flexibility index (Phi) is 5.78. The molecule has 2 aromatic carbocycles. The molecule has 0 spiro atoms. The molecule has 2 rings (SSSR count). The summed E-state index contributed by atoms with van der Waals surface area (Å²) in [4.78, 5) is 0. The Labute approximate surface area is 145 Å². The smallest absolute Gasteiger partial charge is 0.171 e. The van der Waals surface area contributed by atoms with Crippen LogP contribution in [0.15, 0.2) is 36.4 Å². The first-order chi connectivity index (χ1) is 10.9. The Bertz CT molecular complexity index is 707. The lowest BCUT2D eigenvalue weighted by Gasteiger charge is -2.21. The molecule has 0 unspecified atom stereocenters. The molecule has 0 aliphatic carbocycles. The van der Waals surface area contributed by atoms with Gasteiger partial charge in [0.25, 0.3) is 0 Å². The Morgan fingerprint density at radius 3 is 2.30 bits per heavy atom. The first-order valence-electron chi connectivity index (χ1n) is 8.12. The summed E-state index contributed by atoms with van der Waals surface area (Å²) in [5.41, 5.74) is 7.40. The van der Waals surface area contributed by atoms with Gasteiger partial charge in [-0.15, -0.1) is 0 Å². The molecular weight excluding hydrogens is 300 g/mol. The van der Waals surface area contributed by atoms with E-state index in [1.807, 2.05) is 0 Å². The van der Waals surface area contributed by atoms with Crippen molar-refractivity contribution < 1.29 is 0 Å². The predicted octanol–water partition coefficient (Wildman–Crippen LogP) is 5.36. The first kappa shape index (κ1) is 17.5. The van der Waals surface area contributed by atoms with Crippen LogP contribution >= 0.6 is 12.2 Å². The summed E-state index contributed by atoms with van der Waals surface area (Å²) < 4.78 is 0. The summed E-state index contributed by atoms with van der Waals surface area (Å²) in [5.74, 6) is 0. The van der Waals surface area contributed by atoms with Gasteiger partial charge >= 0.3 is 0 Å². The normalized spacial score (nSPS) is 11.9. The van der Waals surface area contributed by atoms with Gasteiger partial charge in [-0.1, -0.05) is 37.3 Å². The average molecular weight is 327 g/mol. The standard InChI is InChI=1S/C20H26N2S/c1-6-18(17-10-9-14(3)16(5)12-17)21-20(23)22-19-11-13(2)7-8-15(19)4/h7-12,18H,6H2,1-5H3,(H2,21,22,23)/t18-/m1/s1. The van der Waals surface area contributed by atoms with Crippen molar-refractivity contribution in [3.05, 3.63) is 64.2 Å². The van der Waals surface area contributed by atoms with Crippen molar-refractivity contribution in [1.29, 1.82) is 0 Å². The zero-order chi connectivity index (χ0) is 17.0. The minimum Gasteiger partial charge on any atom is -0.356 e. The van der Waals surface area contributed by atoms with E-state index in [4.69, 9.17) is 12.2 Å². The van der Waals surface area contributed by atoms with Crippen LogP contribution in [-0.4, -0.2) is 5.11 Å². The van der Waals surface area contributed by atoms with Crippen molar-refractivity contribution in [2.24, 2.45) is 0 Å². The van der Waals surface area contributed by atoms with Crippen LogP contribution < -0.4 is 10.6 Å². The highest BCUT2D eigenvalue weighted by atomic mass is 32.1. The summed E-state index contributed by atoms with van der Waals surface area (Å²) in [5, 5.41) is 7.45. The lowest BCUT2D eigenvalue weighted by molar-refractivity contribution is 0.628. The highest BCUT2D eigenvalue weighted by molar-refractivity contribution is 7.80. The van der Waals surface area contributed by atoms with Gasteiger partial charge in [0.2, 0.25) is 0 Å². The van der Waals surface area contributed by atoms with Crippen molar-refractivity contribution in [2.75, 3.05) is 5.32 Å². The average Bonchev–Trinajstić information content (AvgIpc) is 2.51. The number of benzene rings is 2. The van der Waals surface area contributed by atoms with Gasteiger partial charge < -0.3 is 10.6 Å². The van der Waals surface area contributed by atoms with Gasteiger partial charge in [-0.2, -0.15) is 0 Å². The Hall–Kier alpha value is -1.87. The fourth-order valence-electron chi connectivity index (χ4n) is 2.59. The van der Waals surface area contributed by atoms with Gasteiger partial charge in [0.05, 0.1) is 6.04 Å². The van der Waals surface area contributed by atoms with Crippen LogP contribution in [0, 0.1) is 27.7 Å². The molecule has 0 fully saturated rings. The minimum absolute atomic E-state index is 0.222. The topological polar surface area (TPSA) is 24.1 Å². The molecule has 0 heterocycles. The lowest BCUT2D eigenvalue weighted by atomic mass is 9.99. The van der Waals surface area contributed by atoms with E-state index >= 15 is 0 Å². The molecule has 0 bridgehead atoms. The SMILES string of the molecule is CC[C@@H](NC(=S)Nc1cc(C)ccc1C)c1ccc(C)c(C)c1. The van der Waals surface area contributed by atoms with Crippen molar-refractivity contribution >= 4 is 23.0 Å². The molecule has 122 valence electrons. The molecule has 23 heavy (non-hydrogen) atoms. The fourth-order valence-corrected chi connectivity index (χ4v) is 2.84. The molecule has 2 N–H and O–H groups in total. The third kappa shape index (κ3) is 4.55. The first-order valence-corrected chi connectivity index (χ1v) is 8.53. The van der Waals surface area contributed by atoms with Gasteiger partial charge in [-0.25, -0.2) is 0 Å². The number of hydrogen-bond acceptors (Lipinski definition) is 1. The highest BCUT2D eigenvalue weighted by Gasteiger charge is 2.12. The minimum atomic E-state index is 0.222. The molecule has 0 radical (unpaired) electrons. The van der Waals surface area contributed by atoms with Crippen molar-refractivity contribution in [2.45, 2.75) is 47.1 Å².